The molecule has 0 aliphatic heterocycles. The summed E-state index contributed by atoms with van der Waals surface area (Å²) in [6.45, 7) is 0.450. The van der Waals surface area contributed by atoms with Gasteiger partial charge < -0.3 is 14.8 Å². The van der Waals surface area contributed by atoms with E-state index in [1.165, 1.54) is 13.2 Å². The van der Waals surface area contributed by atoms with Gasteiger partial charge in [-0.3, -0.25) is 10.1 Å². The lowest BCUT2D eigenvalue weighted by atomic mass is 10.1. The standard InChI is InChI=1S/C22H19Cl2N3O5/c1-31-21(29)17-12-18(19-15(24)10-14(23)11-16(19)26-17)32-9-5-8-25-22(30)27-20(28)13-6-3-2-4-7-13/h2-4,6-7,10-12H,5,8-9H2,1H3,(H2,25,27,28,30). The molecule has 0 radical (unpaired) electrons. The molecule has 3 rings (SSSR count). The lowest BCUT2D eigenvalue weighted by Crippen LogP contribution is -2.40. The molecule has 1 aromatic heterocycles. The summed E-state index contributed by atoms with van der Waals surface area (Å²) in [6, 6.07) is 12.3. The van der Waals surface area contributed by atoms with Crippen LogP contribution in [0.4, 0.5) is 4.79 Å². The van der Waals surface area contributed by atoms with Crippen LogP contribution < -0.4 is 15.4 Å². The number of carbonyl (C=O) groups excluding carboxylic acids is 3. The van der Waals surface area contributed by atoms with Gasteiger partial charge in [-0.05, 0) is 30.7 Å². The number of halogens is 2. The van der Waals surface area contributed by atoms with E-state index in [9.17, 15) is 14.4 Å². The molecule has 0 aliphatic carbocycles. The summed E-state index contributed by atoms with van der Waals surface area (Å²) in [5.41, 5.74) is 0.816. The molecule has 10 heteroatoms. The van der Waals surface area contributed by atoms with E-state index in [1.54, 1.807) is 42.5 Å². The molecular weight excluding hydrogens is 457 g/mol. The van der Waals surface area contributed by atoms with Crippen molar-refractivity contribution in [2.75, 3.05) is 20.3 Å². The molecule has 8 nitrogen and oxygen atoms in total. The zero-order valence-electron chi connectivity index (χ0n) is 17.0. The van der Waals surface area contributed by atoms with E-state index < -0.39 is 17.9 Å². The number of hydrogen-bond donors (Lipinski definition) is 2. The third-order valence-electron chi connectivity index (χ3n) is 4.31. The molecule has 3 aromatic rings. The molecule has 0 saturated carbocycles. The molecule has 166 valence electrons. The number of nitrogens with zero attached hydrogens (tertiary/aromatic N) is 1. The zero-order valence-corrected chi connectivity index (χ0v) is 18.5. The maximum atomic E-state index is 12.0. The van der Waals surface area contributed by atoms with Gasteiger partial charge in [-0.15, -0.1) is 0 Å². The van der Waals surface area contributed by atoms with Crippen LogP contribution >= 0.6 is 23.2 Å². The first-order valence-electron chi connectivity index (χ1n) is 9.54. The van der Waals surface area contributed by atoms with Gasteiger partial charge in [0.05, 0.1) is 29.6 Å². The SMILES string of the molecule is COC(=O)c1cc(OCCCNC(=O)NC(=O)c2ccccc2)c2c(Cl)cc(Cl)cc2n1. The molecule has 2 N–H and O–H groups in total. The molecule has 0 saturated heterocycles. The number of amides is 3. The normalized spacial score (nSPS) is 10.5. The van der Waals surface area contributed by atoms with Crippen LogP contribution in [0.25, 0.3) is 10.9 Å². The first-order valence-corrected chi connectivity index (χ1v) is 10.3. The molecular formula is C22H19Cl2N3O5. The van der Waals surface area contributed by atoms with Gasteiger partial charge in [-0.1, -0.05) is 41.4 Å². The van der Waals surface area contributed by atoms with Crippen molar-refractivity contribution in [1.29, 1.82) is 0 Å². The van der Waals surface area contributed by atoms with Crippen molar-refractivity contribution in [3.05, 3.63) is 69.8 Å². The third-order valence-corrected chi connectivity index (χ3v) is 4.83. The largest absolute Gasteiger partial charge is 0.493 e. The first-order chi connectivity index (χ1) is 15.4. The van der Waals surface area contributed by atoms with Crippen molar-refractivity contribution in [3.63, 3.8) is 0 Å². The third kappa shape index (κ3) is 5.87. The number of pyridine rings is 1. The molecule has 0 aliphatic rings. The summed E-state index contributed by atoms with van der Waals surface area (Å²) < 4.78 is 10.5. The predicted molar refractivity (Wildman–Crippen MR) is 121 cm³/mol. The summed E-state index contributed by atoms with van der Waals surface area (Å²) in [5.74, 6) is -0.790. The maximum absolute atomic E-state index is 12.0. The van der Waals surface area contributed by atoms with Crippen molar-refractivity contribution in [1.82, 2.24) is 15.6 Å². The average Bonchev–Trinajstić information content (AvgIpc) is 2.78. The Balaban J connectivity index is 1.58. The van der Waals surface area contributed by atoms with Crippen LogP contribution in [0.15, 0.2) is 48.5 Å². The Labute approximate surface area is 193 Å². The highest BCUT2D eigenvalue weighted by Crippen LogP contribution is 2.34. The lowest BCUT2D eigenvalue weighted by molar-refractivity contribution is 0.0593. The molecule has 0 bridgehead atoms. The van der Waals surface area contributed by atoms with Gasteiger partial charge in [0.2, 0.25) is 0 Å². The predicted octanol–water partition coefficient (Wildman–Crippen LogP) is 4.24. The van der Waals surface area contributed by atoms with Crippen molar-refractivity contribution in [2.45, 2.75) is 6.42 Å². The highest BCUT2D eigenvalue weighted by atomic mass is 35.5. The Kier molecular flexibility index (Phi) is 7.86. The van der Waals surface area contributed by atoms with Crippen LogP contribution in [0.1, 0.15) is 27.3 Å². The number of rotatable bonds is 7. The molecule has 0 fully saturated rings. The van der Waals surface area contributed by atoms with Crippen molar-refractivity contribution in [2.24, 2.45) is 0 Å². The average molecular weight is 476 g/mol. The fourth-order valence-corrected chi connectivity index (χ4v) is 3.41. The highest BCUT2D eigenvalue weighted by Gasteiger charge is 2.16. The van der Waals surface area contributed by atoms with Gasteiger partial charge in [0.1, 0.15) is 5.75 Å². The fraction of sp³-hybridized carbons (Fsp3) is 0.182. The number of ether oxygens (including phenoxy) is 2. The van der Waals surface area contributed by atoms with E-state index in [0.29, 0.717) is 38.7 Å². The van der Waals surface area contributed by atoms with E-state index >= 15 is 0 Å². The summed E-state index contributed by atoms with van der Waals surface area (Å²) in [7, 11) is 1.25. The van der Waals surface area contributed by atoms with Crippen molar-refractivity contribution < 1.29 is 23.9 Å². The van der Waals surface area contributed by atoms with Gasteiger partial charge in [0.15, 0.2) is 5.69 Å². The number of esters is 1. The quantitative estimate of drug-likeness (QED) is 0.391. The molecule has 1 heterocycles. The lowest BCUT2D eigenvalue weighted by Gasteiger charge is -2.13. The monoisotopic (exact) mass is 475 g/mol. The van der Waals surface area contributed by atoms with E-state index in [-0.39, 0.29) is 18.8 Å². The van der Waals surface area contributed by atoms with Crippen LogP contribution in [0.3, 0.4) is 0 Å². The van der Waals surface area contributed by atoms with E-state index in [1.807, 2.05) is 0 Å². The van der Waals surface area contributed by atoms with Crippen LogP contribution in [0.2, 0.25) is 10.0 Å². The first kappa shape index (κ1) is 23.3. The molecule has 2 aromatic carbocycles. The molecule has 0 spiro atoms. The number of aromatic nitrogens is 1. The van der Waals surface area contributed by atoms with Crippen molar-refractivity contribution >= 4 is 52.0 Å². The highest BCUT2D eigenvalue weighted by molar-refractivity contribution is 6.39. The number of urea groups is 1. The minimum Gasteiger partial charge on any atom is -0.493 e. The van der Waals surface area contributed by atoms with Gasteiger partial charge in [-0.25, -0.2) is 14.6 Å². The number of hydrogen-bond acceptors (Lipinski definition) is 6. The fourth-order valence-electron chi connectivity index (χ4n) is 2.84. The van der Waals surface area contributed by atoms with E-state index in [0.717, 1.165) is 0 Å². The van der Waals surface area contributed by atoms with Crippen LogP contribution in [-0.4, -0.2) is 43.2 Å². The number of nitrogens with one attached hydrogen (secondary N) is 2. The zero-order chi connectivity index (χ0) is 23.1. The maximum Gasteiger partial charge on any atom is 0.356 e. The molecule has 3 amide bonds. The van der Waals surface area contributed by atoms with Crippen molar-refractivity contribution in [3.8, 4) is 5.75 Å². The van der Waals surface area contributed by atoms with Crippen LogP contribution in [-0.2, 0) is 4.74 Å². The van der Waals surface area contributed by atoms with Gasteiger partial charge >= 0.3 is 12.0 Å². The van der Waals surface area contributed by atoms with Crippen LogP contribution in [0, 0.1) is 0 Å². The number of fused-ring (bicyclic) bond motifs is 1. The molecule has 0 unspecified atom stereocenters. The summed E-state index contributed by atoms with van der Waals surface area (Å²) in [5, 5.41) is 6.02. The van der Waals surface area contributed by atoms with Gasteiger partial charge in [-0.2, -0.15) is 0 Å². The Morgan fingerprint density at radius 2 is 1.81 bits per heavy atom. The number of methoxy groups -OCH3 is 1. The Bertz CT molecular complexity index is 1160. The van der Waals surface area contributed by atoms with Gasteiger partial charge in [0.25, 0.3) is 5.91 Å². The Morgan fingerprint density at radius 3 is 2.53 bits per heavy atom. The van der Waals surface area contributed by atoms with E-state index in [2.05, 4.69) is 15.6 Å². The second-order valence-electron chi connectivity index (χ2n) is 6.56. The number of carbonyl (C=O) groups is 3. The topological polar surface area (TPSA) is 107 Å². The minimum atomic E-state index is -0.630. The Hall–Kier alpha value is -3.36. The Morgan fingerprint density at radius 1 is 1.06 bits per heavy atom. The van der Waals surface area contributed by atoms with E-state index in [4.69, 9.17) is 32.7 Å². The number of imide groups is 1. The summed E-state index contributed by atoms with van der Waals surface area (Å²) >= 11 is 12.3. The smallest absolute Gasteiger partial charge is 0.356 e. The van der Waals surface area contributed by atoms with Gasteiger partial charge in [0, 0.05) is 23.2 Å². The molecule has 32 heavy (non-hydrogen) atoms. The number of benzene rings is 2. The minimum absolute atomic E-state index is 0.0465. The summed E-state index contributed by atoms with van der Waals surface area (Å²) in [6.07, 6.45) is 0.426. The summed E-state index contributed by atoms with van der Waals surface area (Å²) in [4.78, 5) is 40.0. The second kappa shape index (κ2) is 10.8. The second-order valence-corrected chi connectivity index (χ2v) is 7.40. The van der Waals surface area contributed by atoms with Crippen LogP contribution in [0.5, 0.6) is 5.75 Å². The molecule has 0 atom stereocenters.